The molecule has 1 heterocycles. The Morgan fingerprint density at radius 2 is 1.83 bits per heavy atom. The molecule has 2 aromatic rings. The Bertz CT molecular complexity index is 868. The molecule has 2 rings (SSSR count). The first-order chi connectivity index (χ1) is 13.9. The van der Waals surface area contributed by atoms with Gasteiger partial charge in [0.05, 0.1) is 17.9 Å². The number of anilines is 2. The number of carbonyl (C=O) groups is 2. The van der Waals surface area contributed by atoms with Crippen LogP contribution in [-0.4, -0.2) is 41.9 Å². The summed E-state index contributed by atoms with van der Waals surface area (Å²) >= 11 is 0. The van der Waals surface area contributed by atoms with Gasteiger partial charge in [0.25, 0.3) is 5.91 Å². The standard InChI is InChI=1S/C21H30N6O2/c1-5-16-17(6-2)27-21(19(26-16)20(22)29)25-15-9-7-8-14(10-15)13(3)11-24-18(28)12-23-4/h7-10,13,23H,5-6,11-12H2,1-4H3,(H2,22,29)(H,24,28)(H,25,27)/t13-/m1/s1. The first-order valence-corrected chi connectivity index (χ1v) is 9.87. The summed E-state index contributed by atoms with van der Waals surface area (Å²) < 4.78 is 0. The number of rotatable bonds is 10. The Morgan fingerprint density at radius 3 is 2.45 bits per heavy atom. The van der Waals surface area contributed by atoms with Crippen molar-refractivity contribution in [3.63, 3.8) is 0 Å². The van der Waals surface area contributed by atoms with Crippen LogP contribution >= 0.6 is 0 Å². The van der Waals surface area contributed by atoms with E-state index in [2.05, 4.69) is 25.9 Å². The monoisotopic (exact) mass is 398 g/mol. The molecule has 8 heteroatoms. The number of benzene rings is 1. The fourth-order valence-corrected chi connectivity index (χ4v) is 3.00. The number of aryl methyl sites for hydroxylation is 2. The zero-order valence-electron chi connectivity index (χ0n) is 17.5. The third-order valence-corrected chi connectivity index (χ3v) is 4.62. The lowest BCUT2D eigenvalue weighted by molar-refractivity contribution is -0.120. The number of likely N-dealkylation sites (N-methyl/N-ethyl adjacent to an activating group) is 1. The van der Waals surface area contributed by atoms with E-state index in [4.69, 9.17) is 5.73 Å². The van der Waals surface area contributed by atoms with Crippen LogP contribution in [0.1, 0.15) is 54.1 Å². The van der Waals surface area contributed by atoms with Gasteiger partial charge in [-0.3, -0.25) is 9.59 Å². The minimum Gasteiger partial charge on any atom is -0.364 e. The Morgan fingerprint density at radius 1 is 1.14 bits per heavy atom. The van der Waals surface area contributed by atoms with Crippen molar-refractivity contribution in [2.45, 2.75) is 39.5 Å². The number of hydrogen-bond donors (Lipinski definition) is 4. The highest BCUT2D eigenvalue weighted by atomic mass is 16.2. The molecular formula is C21H30N6O2. The Labute approximate surface area is 171 Å². The molecule has 0 aliphatic heterocycles. The lowest BCUT2D eigenvalue weighted by Gasteiger charge is -2.16. The van der Waals surface area contributed by atoms with Gasteiger partial charge in [-0.25, -0.2) is 9.97 Å². The zero-order valence-corrected chi connectivity index (χ0v) is 17.5. The van der Waals surface area contributed by atoms with Crippen molar-refractivity contribution in [1.82, 2.24) is 20.6 Å². The molecule has 0 aliphatic rings. The number of carbonyl (C=O) groups excluding carboxylic acids is 2. The summed E-state index contributed by atoms with van der Waals surface area (Å²) in [6, 6.07) is 7.78. The normalized spacial score (nSPS) is 11.7. The smallest absolute Gasteiger partial charge is 0.271 e. The first-order valence-electron chi connectivity index (χ1n) is 9.87. The minimum atomic E-state index is -0.617. The predicted molar refractivity (Wildman–Crippen MR) is 114 cm³/mol. The van der Waals surface area contributed by atoms with E-state index in [1.807, 2.05) is 45.0 Å². The van der Waals surface area contributed by atoms with E-state index in [0.29, 0.717) is 25.2 Å². The molecule has 5 N–H and O–H groups in total. The molecule has 0 spiro atoms. The van der Waals surface area contributed by atoms with Crippen molar-refractivity contribution in [3.8, 4) is 0 Å². The van der Waals surface area contributed by atoms with E-state index >= 15 is 0 Å². The van der Waals surface area contributed by atoms with Crippen LogP contribution < -0.4 is 21.7 Å². The highest BCUT2D eigenvalue weighted by molar-refractivity contribution is 5.96. The average Bonchev–Trinajstić information content (AvgIpc) is 2.71. The van der Waals surface area contributed by atoms with Crippen LogP contribution in [-0.2, 0) is 17.6 Å². The largest absolute Gasteiger partial charge is 0.364 e. The molecule has 0 saturated heterocycles. The van der Waals surface area contributed by atoms with Gasteiger partial charge >= 0.3 is 0 Å². The zero-order chi connectivity index (χ0) is 21.4. The number of nitrogens with zero attached hydrogens (tertiary/aromatic N) is 2. The van der Waals surface area contributed by atoms with E-state index in [1.54, 1.807) is 7.05 Å². The fourth-order valence-electron chi connectivity index (χ4n) is 3.00. The summed E-state index contributed by atoms with van der Waals surface area (Å²) in [4.78, 5) is 32.6. The molecule has 1 atom stereocenters. The minimum absolute atomic E-state index is 0.0434. The van der Waals surface area contributed by atoms with Crippen LogP contribution in [0.3, 0.4) is 0 Å². The number of nitrogens with two attached hydrogens (primary N) is 1. The molecule has 0 radical (unpaired) electrons. The van der Waals surface area contributed by atoms with Crippen molar-refractivity contribution in [2.24, 2.45) is 5.73 Å². The van der Waals surface area contributed by atoms with Crippen LogP contribution in [0.4, 0.5) is 11.5 Å². The summed E-state index contributed by atoms with van der Waals surface area (Å²) in [7, 11) is 1.73. The molecule has 0 unspecified atom stereocenters. The number of amides is 2. The molecule has 1 aromatic carbocycles. The number of aromatic nitrogens is 2. The van der Waals surface area contributed by atoms with Crippen LogP contribution in [0.25, 0.3) is 0 Å². The van der Waals surface area contributed by atoms with Crippen LogP contribution in [0.15, 0.2) is 24.3 Å². The quantitative estimate of drug-likeness (QED) is 0.485. The average molecular weight is 399 g/mol. The van der Waals surface area contributed by atoms with E-state index in [9.17, 15) is 9.59 Å². The first kappa shape index (κ1) is 22.3. The molecule has 8 nitrogen and oxygen atoms in total. The van der Waals surface area contributed by atoms with E-state index < -0.39 is 5.91 Å². The van der Waals surface area contributed by atoms with Gasteiger partial charge in [-0.05, 0) is 43.5 Å². The Balaban J connectivity index is 2.23. The fraction of sp³-hybridized carbons (Fsp3) is 0.429. The molecule has 29 heavy (non-hydrogen) atoms. The van der Waals surface area contributed by atoms with Gasteiger partial charge in [0.15, 0.2) is 11.5 Å². The van der Waals surface area contributed by atoms with Crippen LogP contribution in [0.2, 0.25) is 0 Å². The summed E-state index contributed by atoms with van der Waals surface area (Å²) in [5.74, 6) is -0.182. The van der Waals surface area contributed by atoms with Gasteiger partial charge in [-0.2, -0.15) is 0 Å². The molecular weight excluding hydrogens is 368 g/mol. The lowest BCUT2D eigenvalue weighted by Crippen LogP contribution is -2.34. The second-order valence-corrected chi connectivity index (χ2v) is 6.87. The predicted octanol–water partition coefficient (Wildman–Crippen LogP) is 1.88. The van der Waals surface area contributed by atoms with Crippen molar-refractivity contribution < 1.29 is 9.59 Å². The second kappa shape index (κ2) is 10.5. The number of primary amides is 1. The summed E-state index contributed by atoms with van der Waals surface area (Å²) in [6.45, 7) is 6.83. The molecule has 156 valence electrons. The van der Waals surface area contributed by atoms with Gasteiger partial charge in [0, 0.05) is 12.2 Å². The lowest BCUT2D eigenvalue weighted by atomic mass is 10.0. The summed E-state index contributed by atoms with van der Waals surface area (Å²) in [5, 5.41) is 8.91. The van der Waals surface area contributed by atoms with Crippen molar-refractivity contribution in [2.75, 3.05) is 25.5 Å². The van der Waals surface area contributed by atoms with Gasteiger partial charge in [0.1, 0.15) is 0 Å². The Kier molecular flexibility index (Phi) is 8.09. The maximum Gasteiger partial charge on any atom is 0.271 e. The van der Waals surface area contributed by atoms with Crippen molar-refractivity contribution >= 4 is 23.3 Å². The Hall–Kier alpha value is -3.00. The molecule has 1 aromatic heterocycles. The number of hydrogen-bond acceptors (Lipinski definition) is 6. The van der Waals surface area contributed by atoms with Gasteiger partial charge < -0.3 is 21.7 Å². The molecule has 0 aliphatic carbocycles. The molecule has 2 amide bonds. The topological polar surface area (TPSA) is 122 Å². The van der Waals surface area contributed by atoms with Crippen molar-refractivity contribution in [3.05, 3.63) is 46.9 Å². The van der Waals surface area contributed by atoms with Gasteiger partial charge in [-0.15, -0.1) is 0 Å². The maximum absolute atomic E-state index is 11.9. The third-order valence-electron chi connectivity index (χ3n) is 4.62. The maximum atomic E-state index is 11.9. The van der Waals surface area contributed by atoms with E-state index in [-0.39, 0.29) is 24.1 Å². The molecule has 0 fully saturated rings. The number of nitrogens with one attached hydrogen (secondary N) is 3. The van der Waals surface area contributed by atoms with E-state index in [0.717, 1.165) is 22.6 Å². The summed E-state index contributed by atoms with van der Waals surface area (Å²) in [5.41, 5.74) is 9.12. The SMILES string of the molecule is CCc1nc(Nc2cccc([C@H](C)CNC(=O)CNC)c2)c(C(N)=O)nc1CC. The van der Waals surface area contributed by atoms with Gasteiger partial charge in [0.2, 0.25) is 5.91 Å². The van der Waals surface area contributed by atoms with Crippen LogP contribution in [0.5, 0.6) is 0 Å². The van der Waals surface area contributed by atoms with Crippen molar-refractivity contribution in [1.29, 1.82) is 0 Å². The molecule has 0 saturated carbocycles. The van der Waals surface area contributed by atoms with E-state index in [1.165, 1.54) is 0 Å². The molecule has 0 bridgehead atoms. The highest BCUT2D eigenvalue weighted by Gasteiger charge is 2.17. The highest BCUT2D eigenvalue weighted by Crippen LogP contribution is 2.23. The summed E-state index contributed by atoms with van der Waals surface area (Å²) in [6.07, 6.45) is 1.40. The third kappa shape index (κ3) is 5.99. The van der Waals surface area contributed by atoms with Crippen LogP contribution in [0, 0.1) is 0 Å². The second-order valence-electron chi connectivity index (χ2n) is 6.87. The van der Waals surface area contributed by atoms with Gasteiger partial charge in [-0.1, -0.05) is 32.9 Å².